The summed E-state index contributed by atoms with van der Waals surface area (Å²) in [6.45, 7) is 2.69. The molecule has 1 saturated carbocycles. The smallest absolute Gasteiger partial charge is 0.132 e. The third kappa shape index (κ3) is 2.63. The Balaban J connectivity index is 2.01. The minimum Gasteiger partial charge on any atom is -0.494 e. The topological polar surface area (TPSA) is 26.3 Å². The lowest BCUT2D eigenvalue weighted by atomic mass is 9.83. The summed E-state index contributed by atoms with van der Waals surface area (Å²) in [5.41, 5.74) is 1.34. The molecule has 0 atom stereocenters. The van der Waals surface area contributed by atoms with Crippen LogP contribution in [0.25, 0.3) is 0 Å². The van der Waals surface area contributed by atoms with Crippen LogP contribution < -0.4 is 4.74 Å². The molecule has 0 radical (unpaired) electrons. The SMILES string of the molecule is CCOc1ccc(C2CCC(=O)CC2)cc1. The summed E-state index contributed by atoms with van der Waals surface area (Å²) in [7, 11) is 0. The maximum Gasteiger partial charge on any atom is 0.132 e. The van der Waals surface area contributed by atoms with Gasteiger partial charge >= 0.3 is 0 Å². The molecule has 0 aromatic heterocycles. The molecule has 0 unspecified atom stereocenters. The highest BCUT2D eigenvalue weighted by atomic mass is 16.5. The summed E-state index contributed by atoms with van der Waals surface area (Å²) in [5.74, 6) is 1.91. The third-order valence-corrected chi connectivity index (χ3v) is 3.21. The van der Waals surface area contributed by atoms with E-state index in [4.69, 9.17) is 4.74 Å². The van der Waals surface area contributed by atoms with Crippen LogP contribution in [-0.2, 0) is 4.79 Å². The van der Waals surface area contributed by atoms with Gasteiger partial charge in [-0.05, 0) is 43.4 Å². The van der Waals surface area contributed by atoms with E-state index in [0.29, 0.717) is 18.3 Å². The molecule has 2 heteroatoms. The highest BCUT2D eigenvalue weighted by Gasteiger charge is 2.19. The quantitative estimate of drug-likeness (QED) is 0.778. The lowest BCUT2D eigenvalue weighted by Crippen LogP contribution is -2.12. The maximum atomic E-state index is 11.2. The van der Waals surface area contributed by atoms with Crippen LogP contribution in [-0.4, -0.2) is 12.4 Å². The van der Waals surface area contributed by atoms with Gasteiger partial charge in [-0.25, -0.2) is 0 Å². The lowest BCUT2D eigenvalue weighted by molar-refractivity contribution is -0.120. The number of ketones is 1. The van der Waals surface area contributed by atoms with Gasteiger partial charge < -0.3 is 4.74 Å². The Hall–Kier alpha value is -1.31. The van der Waals surface area contributed by atoms with Gasteiger partial charge in [0, 0.05) is 12.8 Å². The molecule has 1 aromatic carbocycles. The van der Waals surface area contributed by atoms with Crippen LogP contribution in [0.15, 0.2) is 24.3 Å². The number of hydrogen-bond acceptors (Lipinski definition) is 2. The molecular formula is C14H18O2. The molecule has 0 aliphatic heterocycles. The number of rotatable bonds is 3. The van der Waals surface area contributed by atoms with Crippen molar-refractivity contribution in [3.63, 3.8) is 0 Å². The fourth-order valence-corrected chi connectivity index (χ4v) is 2.28. The summed E-state index contributed by atoms with van der Waals surface area (Å²) in [6, 6.07) is 8.31. The van der Waals surface area contributed by atoms with Crippen molar-refractivity contribution in [3.05, 3.63) is 29.8 Å². The van der Waals surface area contributed by atoms with Crippen LogP contribution in [0, 0.1) is 0 Å². The van der Waals surface area contributed by atoms with Crippen molar-refractivity contribution in [1.29, 1.82) is 0 Å². The molecule has 1 fully saturated rings. The fraction of sp³-hybridized carbons (Fsp3) is 0.500. The predicted octanol–water partition coefficient (Wildman–Crippen LogP) is 3.31. The number of benzene rings is 1. The van der Waals surface area contributed by atoms with E-state index in [1.54, 1.807) is 0 Å². The highest BCUT2D eigenvalue weighted by molar-refractivity contribution is 5.79. The molecule has 2 rings (SSSR count). The standard InChI is InChI=1S/C14H18O2/c1-2-16-14-9-5-12(6-10-14)11-3-7-13(15)8-4-11/h5-6,9-11H,2-4,7-8H2,1H3. The van der Waals surface area contributed by atoms with Crippen LogP contribution in [0.1, 0.15) is 44.1 Å². The van der Waals surface area contributed by atoms with Gasteiger partial charge in [-0.15, -0.1) is 0 Å². The lowest BCUT2D eigenvalue weighted by Gasteiger charge is -2.21. The van der Waals surface area contributed by atoms with E-state index in [9.17, 15) is 4.79 Å². The number of hydrogen-bond donors (Lipinski definition) is 0. The van der Waals surface area contributed by atoms with Crippen LogP contribution in [0.2, 0.25) is 0 Å². The van der Waals surface area contributed by atoms with Gasteiger partial charge in [-0.1, -0.05) is 12.1 Å². The zero-order valence-electron chi connectivity index (χ0n) is 9.74. The first-order chi connectivity index (χ1) is 7.79. The Bertz CT molecular complexity index is 344. The molecule has 1 aliphatic carbocycles. The zero-order valence-corrected chi connectivity index (χ0v) is 9.74. The summed E-state index contributed by atoms with van der Waals surface area (Å²) in [4.78, 5) is 11.2. The molecule has 86 valence electrons. The van der Waals surface area contributed by atoms with Gasteiger partial charge in [-0.2, -0.15) is 0 Å². The second-order valence-electron chi connectivity index (χ2n) is 4.31. The second kappa shape index (κ2) is 5.15. The van der Waals surface area contributed by atoms with Crippen LogP contribution in [0.3, 0.4) is 0 Å². The van der Waals surface area contributed by atoms with Gasteiger partial charge in [0.05, 0.1) is 6.61 Å². The van der Waals surface area contributed by atoms with Crippen LogP contribution in [0.5, 0.6) is 5.75 Å². The zero-order chi connectivity index (χ0) is 11.4. The van der Waals surface area contributed by atoms with E-state index in [0.717, 1.165) is 31.4 Å². The number of ether oxygens (including phenoxy) is 1. The van der Waals surface area contributed by atoms with Crippen LogP contribution in [0.4, 0.5) is 0 Å². The Labute approximate surface area is 96.6 Å². The van der Waals surface area contributed by atoms with Crippen molar-refractivity contribution >= 4 is 5.78 Å². The molecule has 0 spiro atoms. The largest absolute Gasteiger partial charge is 0.494 e. The molecule has 0 amide bonds. The summed E-state index contributed by atoms with van der Waals surface area (Å²) < 4.78 is 5.41. The summed E-state index contributed by atoms with van der Waals surface area (Å²) >= 11 is 0. The van der Waals surface area contributed by atoms with Crippen LogP contribution >= 0.6 is 0 Å². The Morgan fingerprint density at radius 1 is 1.19 bits per heavy atom. The minimum absolute atomic E-state index is 0.419. The fourth-order valence-electron chi connectivity index (χ4n) is 2.28. The molecule has 16 heavy (non-hydrogen) atoms. The van der Waals surface area contributed by atoms with Crippen molar-refractivity contribution in [3.8, 4) is 5.75 Å². The molecule has 1 aliphatic rings. The number of carbonyl (C=O) groups is 1. The molecule has 1 aromatic rings. The first kappa shape index (κ1) is 11.2. The van der Waals surface area contributed by atoms with Crippen molar-refractivity contribution in [2.75, 3.05) is 6.61 Å². The van der Waals surface area contributed by atoms with E-state index >= 15 is 0 Å². The van der Waals surface area contributed by atoms with Gasteiger partial charge in [-0.3, -0.25) is 4.79 Å². The van der Waals surface area contributed by atoms with Gasteiger partial charge in [0.1, 0.15) is 11.5 Å². The molecule has 0 N–H and O–H groups in total. The van der Waals surface area contributed by atoms with Crippen molar-refractivity contribution in [2.45, 2.75) is 38.5 Å². The maximum absolute atomic E-state index is 11.2. The summed E-state index contributed by atoms with van der Waals surface area (Å²) in [5, 5.41) is 0. The normalized spacial score (nSPS) is 17.4. The molecule has 0 heterocycles. The predicted molar refractivity (Wildman–Crippen MR) is 63.8 cm³/mol. The molecule has 0 saturated heterocycles. The van der Waals surface area contributed by atoms with E-state index in [1.165, 1.54) is 5.56 Å². The molecule has 2 nitrogen and oxygen atoms in total. The Morgan fingerprint density at radius 3 is 2.38 bits per heavy atom. The van der Waals surface area contributed by atoms with Gasteiger partial charge in [0.15, 0.2) is 0 Å². The number of Topliss-reactive ketones (excluding diaryl/α,β-unsaturated/α-hetero) is 1. The average Bonchev–Trinajstić information content (AvgIpc) is 2.32. The molecule has 0 bridgehead atoms. The molecular weight excluding hydrogens is 200 g/mol. The third-order valence-electron chi connectivity index (χ3n) is 3.21. The monoisotopic (exact) mass is 218 g/mol. The van der Waals surface area contributed by atoms with E-state index < -0.39 is 0 Å². The number of carbonyl (C=O) groups excluding carboxylic acids is 1. The van der Waals surface area contributed by atoms with Crippen molar-refractivity contribution in [2.24, 2.45) is 0 Å². The Morgan fingerprint density at radius 2 is 1.81 bits per heavy atom. The second-order valence-corrected chi connectivity index (χ2v) is 4.31. The van der Waals surface area contributed by atoms with Crippen molar-refractivity contribution < 1.29 is 9.53 Å². The first-order valence-corrected chi connectivity index (χ1v) is 6.04. The minimum atomic E-state index is 0.419. The van der Waals surface area contributed by atoms with E-state index in [-0.39, 0.29) is 0 Å². The van der Waals surface area contributed by atoms with E-state index in [1.807, 2.05) is 19.1 Å². The van der Waals surface area contributed by atoms with Crippen molar-refractivity contribution in [1.82, 2.24) is 0 Å². The Kier molecular flexibility index (Phi) is 3.60. The summed E-state index contributed by atoms with van der Waals surface area (Å²) in [6.07, 6.45) is 3.51. The average molecular weight is 218 g/mol. The van der Waals surface area contributed by atoms with E-state index in [2.05, 4.69) is 12.1 Å². The van der Waals surface area contributed by atoms with Gasteiger partial charge in [0.25, 0.3) is 0 Å². The highest BCUT2D eigenvalue weighted by Crippen LogP contribution is 2.31. The van der Waals surface area contributed by atoms with Gasteiger partial charge in [0.2, 0.25) is 0 Å². The first-order valence-electron chi connectivity index (χ1n) is 6.04.